The van der Waals surface area contributed by atoms with E-state index in [2.05, 4.69) is 76.2 Å². The quantitative estimate of drug-likeness (QED) is 0.227. The number of likely N-dealkylation sites (N-methyl/N-ethyl adjacent to an activating group) is 1. The van der Waals surface area contributed by atoms with Crippen LogP contribution in [-0.4, -0.2) is 133 Å². The van der Waals surface area contributed by atoms with E-state index >= 15 is 4.39 Å². The maximum Gasteiger partial charge on any atom is 0.262 e. The Morgan fingerprint density at radius 3 is 2.45 bits per heavy atom. The average Bonchev–Trinajstić information content (AvgIpc) is 3.54. The van der Waals surface area contributed by atoms with Crippen LogP contribution in [-0.2, 0) is 15.0 Å². The van der Waals surface area contributed by atoms with Crippen molar-refractivity contribution in [1.82, 2.24) is 30.3 Å². The Hall–Kier alpha value is -6.44. The number of anilines is 2. The van der Waals surface area contributed by atoms with Gasteiger partial charge in [-0.05, 0) is 106 Å². The van der Waals surface area contributed by atoms with E-state index in [-0.39, 0.29) is 53.6 Å². The molecule has 0 spiro atoms. The molecule has 3 saturated heterocycles. The number of hydrogen-bond donors (Lipinski definition) is 2. The van der Waals surface area contributed by atoms with E-state index in [9.17, 15) is 29.2 Å². The summed E-state index contributed by atoms with van der Waals surface area (Å²) in [5, 5.41) is 16.1. The third kappa shape index (κ3) is 6.97. The maximum atomic E-state index is 16.0. The normalized spacial score (nSPS) is 26.1. The largest absolute Gasteiger partial charge is 0.488 e. The van der Waals surface area contributed by atoms with Crippen LogP contribution in [0.5, 0.6) is 5.75 Å². The van der Waals surface area contributed by atoms with Crippen LogP contribution >= 0.6 is 0 Å². The van der Waals surface area contributed by atoms with E-state index in [1.54, 1.807) is 36.5 Å². The SMILES string of the molecule is CN(C)C[C@@H]1CN(c2ccc3c(c2)C(=O)N(C2CCC(=O)NC2=O)C3=O)CCN1CC1CCN(c2ccc(C(=O)NC3C(C)(C)[C@@H]4Oc5ccc(C#N)c6nccc(c56)C34C)cc2F)CC1. The number of pyridine rings is 1. The van der Waals surface area contributed by atoms with E-state index in [0.29, 0.717) is 41.5 Å². The van der Waals surface area contributed by atoms with E-state index in [1.165, 1.54) is 6.07 Å². The number of nitrogens with one attached hydrogen (secondary N) is 2. The van der Waals surface area contributed by atoms with Crippen LogP contribution in [0.3, 0.4) is 0 Å². The third-order valence-electron chi connectivity index (χ3n) is 15.3. The lowest BCUT2D eigenvalue weighted by Crippen LogP contribution is -2.78. The van der Waals surface area contributed by atoms with Gasteiger partial charge in [-0.15, -0.1) is 0 Å². The molecule has 6 heterocycles. The first-order valence-corrected chi connectivity index (χ1v) is 22.9. The standard InChI is InChI=1S/C50H54FN9O6/c1-49(2)47(50(3)35-14-17-53-42-30(24-52)7-12-39(41(35)42)66-48(49)50)55-43(62)29-6-10-37(36(51)22-29)57-18-15-28(16-19-57)25-58-20-21-59(27-32(58)26-56(4)5)31-8-9-33-34(23-31)46(65)60(45(33)64)38-11-13-40(61)54-44(38)63/h6-10,12,14,17,22-23,28,32,38,47-48H,11,13,15-16,18-21,25-27H2,1-5H3,(H,55,62)(H,54,61,63)/t32-,38?,47?,48+,50?/m1/s1. The first kappa shape index (κ1) is 43.5. The second-order valence-electron chi connectivity index (χ2n) is 19.9. The predicted octanol–water partition coefficient (Wildman–Crippen LogP) is 4.47. The lowest BCUT2D eigenvalue weighted by Gasteiger charge is -2.66. The highest BCUT2D eigenvalue weighted by Crippen LogP contribution is 2.61. The lowest BCUT2D eigenvalue weighted by molar-refractivity contribution is -0.136. The molecule has 10 rings (SSSR count). The molecule has 5 amide bonds. The van der Waals surface area contributed by atoms with Crippen molar-refractivity contribution in [3.8, 4) is 11.8 Å². The molecule has 1 saturated carbocycles. The number of ether oxygens (including phenoxy) is 1. The molecule has 66 heavy (non-hydrogen) atoms. The molecule has 2 N–H and O–H groups in total. The van der Waals surface area contributed by atoms with Crippen molar-refractivity contribution in [3.05, 3.63) is 94.4 Å². The number of carbonyl (C=O) groups excluding carboxylic acids is 5. The fourth-order valence-corrected chi connectivity index (χ4v) is 12.1. The molecule has 342 valence electrons. The van der Waals surface area contributed by atoms with Crippen LogP contribution in [0.1, 0.15) is 88.7 Å². The second kappa shape index (κ2) is 16.2. The van der Waals surface area contributed by atoms with Gasteiger partial charge in [0.25, 0.3) is 17.7 Å². The van der Waals surface area contributed by atoms with Crippen molar-refractivity contribution < 1.29 is 33.1 Å². The summed E-state index contributed by atoms with van der Waals surface area (Å²) in [6, 6.07) is 16.6. The molecule has 16 heteroatoms. The summed E-state index contributed by atoms with van der Waals surface area (Å²) in [6.07, 6.45) is 3.42. The van der Waals surface area contributed by atoms with E-state index in [0.717, 1.165) is 67.1 Å². The summed E-state index contributed by atoms with van der Waals surface area (Å²) in [6.45, 7) is 11.6. The number of imide groups is 2. The average molecular weight is 896 g/mol. The third-order valence-corrected chi connectivity index (χ3v) is 15.3. The van der Waals surface area contributed by atoms with Crippen molar-refractivity contribution in [2.24, 2.45) is 11.3 Å². The summed E-state index contributed by atoms with van der Waals surface area (Å²) in [4.78, 5) is 79.7. The van der Waals surface area contributed by atoms with Gasteiger partial charge in [0.2, 0.25) is 11.8 Å². The highest BCUT2D eigenvalue weighted by Gasteiger charge is 2.69. The number of carbonyl (C=O) groups is 5. The van der Waals surface area contributed by atoms with Gasteiger partial charge in [0.05, 0.1) is 39.4 Å². The van der Waals surface area contributed by atoms with E-state index in [4.69, 9.17) is 4.74 Å². The molecular weight excluding hydrogens is 842 g/mol. The summed E-state index contributed by atoms with van der Waals surface area (Å²) in [7, 11) is 4.11. The summed E-state index contributed by atoms with van der Waals surface area (Å²) in [5.74, 6) is -1.77. The molecule has 6 aliphatic rings. The zero-order chi connectivity index (χ0) is 46.4. The fourth-order valence-electron chi connectivity index (χ4n) is 12.1. The number of hydrogen-bond acceptors (Lipinski definition) is 12. The van der Waals surface area contributed by atoms with Gasteiger partial charge in [0, 0.05) is 86.5 Å². The Labute approximate surface area is 382 Å². The molecule has 3 aromatic carbocycles. The van der Waals surface area contributed by atoms with Gasteiger partial charge in [-0.3, -0.25) is 44.1 Å². The Bertz CT molecular complexity index is 2760. The number of nitriles is 1. The number of halogens is 1. The fraction of sp³-hybridized carbons (Fsp3) is 0.460. The van der Waals surface area contributed by atoms with Gasteiger partial charge >= 0.3 is 0 Å². The molecular formula is C50H54FN9O6. The molecule has 5 atom stereocenters. The number of piperidine rings is 2. The topological polar surface area (TPSA) is 172 Å². The van der Waals surface area contributed by atoms with Crippen LogP contribution in [0.15, 0.2) is 60.8 Å². The molecule has 4 fully saturated rings. The highest BCUT2D eigenvalue weighted by molar-refractivity contribution is 6.23. The van der Waals surface area contributed by atoms with E-state index in [1.807, 2.05) is 18.2 Å². The number of piperazine rings is 1. The van der Waals surface area contributed by atoms with Crippen molar-refractivity contribution in [1.29, 1.82) is 5.26 Å². The van der Waals surface area contributed by atoms with E-state index < -0.39 is 46.3 Å². The van der Waals surface area contributed by atoms with Gasteiger partial charge < -0.3 is 24.8 Å². The first-order chi connectivity index (χ1) is 31.6. The smallest absolute Gasteiger partial charge is 0.262 e. The molecule has 4 aromatic rings. The molecule has 15 nitrogen and oxygen atoms in total. The summed E-state index contributed by atoms with van der Waals surface area (Å²) >= 11 is 0. The van der Waals surface area contributed by atoms with Crippen molar-refractivity contribution in [2.75, 3.05) is 69.7 Å². The summed E-state index contributed by atoms with van der Waals surface area (Å²) < 4.78 is 22.6. The number of nitrogens with zero attached hydrogens (tertiary/aromatic N) is 7. The molecule has 0 bridgehead atoms. The van der Waals surface area contributed by atoms with Gasteiger partial charge in [-0.1, -0.05) is 13.8 Å². The van der Waals surface area contributed by atoms with Crippen molar-refractivity contribution in [2.45, 2.75) is 76.1 Å². The minimum absolute atomic E-state index is 0.0679. The Morgan fingerprint density at radius 1 is 0.955 bits per heavy atom. The number of aromatic nitrogens is 1. The van der Waals surface area contributed by atoms with Crippen LogP contribution in [0.4, 0.5) is 15.8 Å². The van der Waals surface area contributed by atoms with Crippen LogP contribution in [0.2, 0.25) is 0 Å². The van der Waals surface area contributed by atoms with Crippen molar-refractivity contribution in [3.63, 3.8) is 0 Å². The van der Waals surface area contributed by atoms with Gasteiger partial charge in [-0.25, -0.2) is 4.39 Å². The number of rotatable bonds is 9. The predicted molar refractivity (Wildman–Crippen MR) is 244 cm³/mol. The Morgan fingerprint density at radius 2 is 1.73 bits per heavy atom. The minimum Gasteiger partial charge on any atom is -0.488 e. The van der Waals surface area contributed by atoms with Crippen LogP contribution in [0, 0.1) is 28.5 Å². The molecule has 1 aromatic heterocycles. The molecule has 1 aliphatic carbocycles. The summed E-state index contributed by atoms with van der Waals surface area (Å²) in [5.41, 5.74) is 3.06. The molecule has 5 aliphatic heterocycles. The lowest BCUT2D eigenvalue weighted by atomic mass is 9.45. The van der Waals surface area contributed by atoms with Crippen LogP contribution < -0.4 is 25.2 Å². The van der Waals surface area contributed by atoms with Crippen molar-refractivity contribution >= 4 is 51.8 Å². The minimum atomic E-state index is -1.01. The highest BCUT2D eigenvalue weighted by atomic mass is 19.1. The second-order valence-corrected chi connectivity index (χ2v) is 19.9. The first-order valence-electron chi connectivity index (χ1n) is 22.9. The number of fused-ring (bicyclic) bond motifs is 3. The Kier molecular flexibility index (Phi) is 10.6. The van der Waals surface area contributed by atoms with Crippen LogP contribution in [0.25, 0.3) is 10.9 Å². The van der Waals surface area contributed by atoms with Gasteiger partial charge in [0.1, 0.15) is 29.8 Å². The van der Waals surface area contributed by atoms with Gasteiger partial charge in [0.15, 0.2) is 0 Å². The zero-order valence-electron chi connectivity index (χ0n) is 37.9. The molecule has 3 unspecified atom stereocenters. The van der Waals surface area contributed by atoms with Gasteiger partial charge in [-0.2, -0.15) is 5.26 Å². The molecule has 0 radical (unpaired) electrons. The number of benzene rings is 3. The monoisotopic (exact) mass is 895 g/mol. The number of amides is 5. The Balaban J connectivity index is 0.766. The maximum absolute atomic E-state index is 16.0. The zero-order valence-corrected chi connectivity index (χ0v) is 37.9.